The van der Waals surface area contributed by atoms with Crippen LogP contribution in [0.4, 0.5) is 0 Å². The standard InChI is InChI=1S/C19H26O3/c1-19-9-8-15-14-7-5-13(20-2)10-12(14)4-6-16(15)17(19)11-22-18(19)21-3/h5,7,10,15-18H,4,6,8-9,11H2,1-3H3/t15-,16-,17+,18-,19+/m1/s1. The fourth-order valence-electron chi connectivity index (χ4n) is 5.36. The van der Waals surface area contributed by atoms with Crippen LogP contribution in [0.2, 0.25) is 0 Å². The number of aryl methyl sites for hydroxylation is 1. The molecule has 1 heterocycles. The van der Waals surface area contributed by atoms with Gasteiger partial charge in [0.05, 0.1) is 13.7 Å². The Morgan fingerprint density at radius 3 is 2.86 bits per heavy atom. The van der Waals surface area contributed by atoms with Gasteiger partial charge >= 0.3 is 0 Å². The van der Waals surface area contributed by atoms with E-state index in [0.29, 0.717) is 11.8 Å². The summed E-state index contributed by atoms with van der Waals surface area (Å²) < 4.78 is 17.0. The summed E-state index contributed by atoms with van der Waals surface area (Å²) in [7, 11) is 3.53. The second-order valence-corrected chi connectivity index (χ2v) is 7.43. The zero-order chi connectivity index (χ0) is 15.3. The minimum Gasteiger partial charge on any atom is -0.497 e. The number of fused-ring (bicyclic) bond motifs is 5. The van der Waals surface area contributed by atoms with Crippen LogP contribution < -0.4 is 4.74 Å². The molecule has 120 valence electrons. The van der Waals surface area contributed by atoms with Crippen LogP contribution in [-0.4, -0.2) is 27.1 Å². The Morgan fingerprint density at radius 1 is 1.23 bits per heavy atom. The van der Waals surface area contributed by atoms with E-state index in [-0.39, 0.29) is 11.7 Å². The third kappa shape index (κ3) is 1.95. The highest BCUT2D eigenvalue weighted by molar-refractivity contribution is 5.40. The van der Waals surface area contributed by atoms with E-state index in [0.717, 1.165) is 24.7 Å². The van der Waals surface area contributed by atoms with Crippen molar-refractivity contribution < 1.29 is 14.2 Å². The van der Waals surface area contributed by atoms with Crippen LogP contribution >= 0.6 is 0 Å². The lowest BCUT2D eigenvalue weighted by Gasteiger charge is -2.49. The van der Waals surface area contributed by atoms with Crippen molar-refractivity contribution in [2.75, 3.05) is 20.8 Å². The van der Waals surface area contributed by atoms with Gasteiger partial charge in [0.25, 0.3) is 0 Å². The molecule has 3 nitrogen and oxygen atoms in total. The van der Waals surface area contributed by atoms with Crippen LogP contribution in [-0.2, 0) is 15.9 Å². The lowest BCUT2D eigenvalue weighted by molar-refractivity contribution is -0.147. The lowest BCUT2D eigenvalue weighted by atomic mass is 9.55. The average molecular weight is 302 g/mol. The zero-order valence-corrected chi connectivity index (χ0v) is 13.8. The zero-order valence-electron chi connectivity index (χ0n) is 13.8. The molecular formula is C19H26O3. The molecule has 0 radical (unpaired) electrons. The molecule has 3 heteroatoms. The van der Waals surface area contributed by atoms with Gasteiger partial charge in [-0.25, -0.2) is 0 Å². The van der Waals surface area contributed by atoms with Crippen LogP contribution in [0.3, 0.4) is 0 Å². The molecule has 0 amide bonds. The molecule has 1 aliphatic heterocycles. The molecule has 0 unspecified atom stereocenters. The maximum Gasteiger partial charge on any atom is 0.162 e. The van der Waals surface area contributed by atoms with E-state index in [1.54, 1.807) is 19.8 Å². The summed E-state index contributed by atoms with van der Waals surface area (Å²) in [6.45, 7) is 3.24. The largest absolute Gasteiger partial charge is 0.497 e. The van der Waals surface area contributed by atoms with Gasteiger partial charge in [0.2, 0.25) is 0 Å². The van der Waals surface area contributed by atoms with Crippen LogP contribution in [0.25, 0.3) is 0 Å². The summed E-state index contributed by atoms with van der Waals surface area (Å²) in [6, 6.07) is 6.66. The number of hydrogen-bond acceptors (Lipinski definition) is 3. The van der Waals surface area contributed by atoms with Crippen molar-refractivity contribution in [3.8, 4) is 5.75 Å². The van der Waals surface area contributed by atoms with Gasteiger partial charge in [0.1, 0.15) is 5.75 Å². The molecule has 22 heavy (non-hydrogen) atoms. The molecule has 0 spiro atoms. The van der Waals surface area contributed by atoms with Gasteiger partial charge in [0.15, 0.2) is 6.29 Å². The maximum atomic E-state index is 5.98. The smallest absolute Gasteiger partial charge is 0.162 e. The molecule has 2 aliphatic carbocycles. The Balaban J connectivity index is 1.66. The minimum absolute atomic E-state index is 0.0179. The van der Waals surface area contributed by atoms with Crippen molar-refractivity contribution in [1.29, 1.82) is 0 Å². The van der Waals surface area contributed by atoms with Crippen LogP contribution in [0, 0.1) is 17.3 Å². The Kier molecular flexibility index (Phi) is 3.46. The first-order valence-electron chi connectivity index (χ1n) is 8.48. The molecule has 5 atom stereocenters. The molecule has 1 aromatic carbocycles. The fraction of sp³-hybridized carbons (Fsp3) is 0.684. The van der Waals surface area contributed by atoms with Crippen LogP contribution in [0.15, 0.2) is 18.2 Å². The van der Waals surface area contributed by atoms with Crippen LogP contribution in [0.1, 0.15) is 43.2 Å². The quantitative estimate of drug-likeness (QED) is 0.832. The predicted molar refractivity (Wildman–Crippen MR) is 85.1 cm³/mol. The summed E-state index contributed by atoms with van der Waals surface area (Å²) >= 11 is 0. The van der Waals surface area contributed by atoms with E-state index in [9.17, 15) is 0 Å². The van der Waals surface area contributed by atoms with Gasteiger partial charge in [-0.05, 0) is 66.7 Å². The molecule has 2 fully saturated rings. The topological polar surface area (TPSA) is 27.7 Å². The molecular weight excluding hydrogens is 276 g/mol. The van der Waals surface area contributed by atoms with E-state index in [2.05, 4.69) is 25.1 Å². The minimum atomic E-state index is -0.0179. The molecule has 1 saturated heterocycles. The van der Waals surface area contributed by atoms with Crippen molar-refractivity contribution >= 4 is 0 Å². The number of hydrogen-bond donors (Lipinski definition) is 0. The van der Waals surface area contributed by atoms with Crippen molar-refractivity contribution in [3.63, 3.8) is 0 Å². The predicted octanol–water partition coefficient (Wildman–Crippen LogP) is 3.76. The van der Waals surface area contributed by atoms with E-state index in [1.807, 2.05) is 0 Å². The van der Waals surface area contributed by atoms with E-state index in [4.69, 9.17) is 14.2 Å². The molecule has 1 saturated carbocycles. The summed E-state index contributed by atoms with van der Waals surface area (Å²) in [5, 5.41) is 0. The van der Waals surface area contributed by atoms with Gasteiger partial charge in [0, 0.05) is 12.5 Å². The Morgan fingerprint density at radius 2 is 2.09 bits per heavy atom. The summed E-state index contributed by atoms with van der Waals surface area (Å²) in [5.41, 5.74) is 3.24. The highest BCUT2D eigenvalue weighted by Crippen LogP contribution is 2.59. The molecule has 1 aromatic rings. The number of ether oxygens (including phenoxy) is 3. The Hall–Kier alpha value is -1.06. The van der Waals surface area contributed by atoms with Crippen molar-refractivity contribution in [3.05, 3.63) is 29.3 Å². The lowest BCUT2D eigenvalue weighted by Crippen LogP contribution is -2.45. The maximum absolute atomic E-state index is 5.98. The second-order valence-electron chi connectivity index (χ2n) is 7.43. The molecule has 4 rings (SSSR count). The first-order chi connectivity index (χ1) is 10.7. The van der Waals surface area contributed by atoms with E-state index in [1.165, 1.54) is 24.8 Å². The van der Waals surface area contributed by atoms with Gasteiger partial charge in [-0.1, -0.05) is 13.0 Å². The summed E-state index contributed by atoms with van der Waals surface area (Å²) in [4.78, 5) is 0. The van der Waals surface area contributed by atoms with Crippen molar-refractivity contribution in [1.82, 2.24) is 0 Å². The highest BCUT2D eigenvalue weighted by atomic mass is 16.7. The Labute approximate surface area is 132 Å². The van der Waals surface area contributed by atoms with Gasteiger partial charge in [-0.15, -0.1) is 0 Å². The molecule has 3 aliphatic rings. The summed E-state index contributed by atoms with van der Waals surface area (Å²) in [6.07, 6.45) is 4.86. The molecule has 0 aromatic heterocycles. The van der Waals surface area contributed by atoms with Gasteiger partial charge < -0.3 is 14.2 Å². The van der Waals surface area contributed by atoms with Crippen molar-refractivity contribution in [2.24, 2.45) is 17.3 Å². The van der Waals surface area contributed by atoms with Gasteiger partial charge in [-0.2, -0.15) is 0 Å². The third-order valence-corrected chi connectivity index (χ3v) is 6.55. The Bertz CT molecular complexity index is 570. The number of methoxy groups -OCH3 is 2. The highest BCUT2D eigenvalue weighted by Gasteiger charge is 2.56. The second kappa shape index (κ2) is 5.24. The van der Waals surface area contributed by atoms with Crippen molar-refractivity contribution in [2.45, 2.75) is 44.8 Å². The SMILES string of the molecule is COc1ccc2c(c1)CC[C@@H]1[C@@H]2CC[C@]2(C)[C@H](OC)OC[C@@H]12. The summed E-state index contributed by atoms with van der Waals surface area (Å²) in [5.74, 6) is 3.04. The van der Waals surface area contributed by atoms with Crippen LogP contribution in [0.5, 0.6) is 5.75 Å². The monoisotopic (exact) mass is 302 g/mol. The first kappa shape index (κ1) is 14.5. The number of benzene rings is 1. The third-order valence-electron chi connectivity index (χ3n) is 6.55. The van der Waals surface area contributed by atoms with E-state index >= 15 is 0 Å². The normalized spacial score (nSPS) is 39.8. The first-order valence-corrected chi connectivity index (χ1v) is 8.48. The molecule has 0 N–H and O–H groups in total. The molecule has 0 bridgehead atoms. The average Bonchev–Trinajstić information content (AvgIpc) is 2.90. The fourth-order valence-corrected chi connectivity index (χ4v) is 5.36. The van der Waals surface area contributed by atoms with E-state index < -0.39 is 0 Å². The van der Waals surface area contributed by atoms with Gasteiger partial charge in [-0.3, -0.25) is 0 Å². The number of rotatable bonds is 2.